The summed E-state index contributed by atoms with van der Waals surface area (Å²) in [7, 11) is 1.48. The summed E-state index contributed by atoms with van der Waals surface area (Å²) in [5.41, 5.74) is -0.492. The van der Waals surface area contributed by atoms with E-state index in [2.05, 4.69) is 20.9 Å². The molecule has 0 spiro atoms. The van der Waals surface area contributed by atoms with Gasteiger partial charge in [-0.3, -0.25) is 13.9 Å². The maximum Gasteiger partial charge on any atom is 0.416 e. The van der Waals surface area contributed by atoms with Crippen LogP contribution in [-0.4, -0.2) is 18.7 Å². The number of hydrogen-bond acceptors (Lipinski definition) is 3. The number of hydrogen-bond donors (Lipinski definition) is 0. The first kappa shape index (κ1) is 22.1. The SMILES string of the molecule is CC(C)=CCn1c(Br)nc2c1c(=O)n(CCc1ccccc1C(F)(F)F)c(=O)n2C. The summed E-state index contributed by atoms with van der Waals surface area (Å²) in [6.07, 6.45) is -2.72. The van der Waals surface area contributed by atoms with Crippen molar-refractivity contribution >= 4 is 27.1 Å². The van der Waals surface area contributed by atoms with Gasteiger partial charge in [0.05, 0.1) is 5.56 Å². The summed E-state index contributed by atoms with van der Waals surface area (Å²) in [5.74, 6) is 0. The maximum absolute atomic E-state index is 13.3. The summed E-state index contributed by atoms with van der Waals surface area (Å²) in [5, 5.41) is 0. The minimum Gasteiger partial charge on any atom is -0.309 e. The zero-order chi connectivity index (χ0) is 22.2. The van der Waals surface area contributed by atoms with Gasteiger partial charge in [-0.25, -0.2) is 9.78 Å². The van der Waals surface area contributed by atoms with E-state index in [1.807, 2.05) is 19.9 Å². The average Bonchev–Trinajstić information content (AvgIpc) is 3.00. The van der Waals surface area contributed by atoms with E-state index in [0.717, 1.165) is 16.2 Å². The zero-order valence-corrected chi connectivity index (χ0v) is 18.2. The standard InChI is InChI=1S/C20H20BrF3N4O2/c1-12(2)8-10-27-15-16(25-18(27)21)26(3)19(30)28(17(15)29)11-9-13-6-4-5-7-14(13)20(22,23)24/h4-8H,9-11H2,1-3H3. The van der Waals surface area contributed by atoms with E-state index in [1.165, 1.54) is 29.8 Å². The Kier molecular flexibility index (Phi) is 6.07. The van der Waals surface area contributed by atoms with Crippen LogP contribution in [0.2, 0.25) is 0 Å². The van der Waals surface area contributed by atoms with Crippen LogP contribution in [0.1, 0.15) is 25.0 Å². The third-order valence-electron chi connectivity index (χ3n) is 4.80. The third kappa shape index (κ3) is 4.14. The van der Waals surface area contributed by atoms with E-state index < -0.39 is 23.0 Å². The Hall–Kier alpha value is -2.62. The zero-order valence-electron chi connectivity index (χ0n) is 16.6. The lowest BCUT2D eigenvalue weighted by molar-refractivity contribution is -0.138. The number of aryl methyl sites for hydroxylation is 2. The van der Waals surface area contributed by atoms with Crippen LogP contribution in [0.4, 0.5) is 13.2 Å². The first-order valence-electron chi connectivity index (χ1n) is 9.16. The van der Waals surface area contributed by atoms with E-state index in [1.54, 1.807) is 4.57 Å². The van der Waals surface area contributed by atoms with Crippen molar-refractivity contribution in [3.05, 3.63) is 72.6 Å². The molecule has 3 rings (SSSR count). The molecule has 0 aliphatic carbocycles. The second kappa shape index (κ2) is 8.25. The summed E-state index contributed by atoms with van der Waals surface area (Å²) < 4.78 is 44.0. The van der Waals surface area contributed by atoms with Crippen molar-refractivity contribution in [2.45, 2.75) is 39.5 Å². The fraction of sp³-hybridized carbons (Fsp3) is 0.350. The molecule has 6 nitrogen and oxygen atoms in total. The minimum atomic E-state index is -4.51. The molecule has 0 N–H and O–H groups in total. The monoisotopic (exact) mass is 484 g/mol. The van der Waals surface area contributed by atoms with E-state index in [-0.39, 0.29) is 29.7 Å². The van der Waals surface area contributed by atoms with E-state index in [9.17, 15) is 22.8 Å². The van der Waals surface area contributed by atoms with Crippen molar-refractivity contribution in [1.29, 1.82) is 0 Å². The fourth-order valence-electron chi connectivity index (χ4n) is 3.23. The first-order chi connectivity index (χ1) is 14.0. The number of halogens is 4. The Morgan fingerprint density at radius 1 is 1.17 bits per heavy atom. The predicted molar refractivity (Wildman–Crippen MR) is 112 cm³/mol. The van der Waals surface area contributed by atoms with Crippen molar-refractivity contribution in [3.8, 4) is 0 Å². The number of benzene rings is 1. The highest BCUT2D eigenvalue weighted by molar-refractivity contribution is 9.10. The number of fused-ring (bicyclic) bond motifs is 1. The number of alkyl halides is 3. The molecule has 0 radical (unpaired) electrons. The highest BCUT2D eigenvalue weighted by Crippen LogP contribution is 2.32. The molecule has 0 aliphatic rings. The summed E-state index contributed by atoms with van der Waals surface area (Å²) >= 11 is 3.32. The molecular weight excluding hydrogens is 465 g/mol. The third-order valence-corrected chi connectivity index (χ3v) is 5.40. The van der Waals surface area contributed by atoms with Crippen LogP contribution < -0.4 is 11.2 Å². The molecule has 2 aromatic heterocycles. The summed E-state index contributed by atoms with van der Waals surface area (Å²) in [6, 6.07) is 5.15. The molecule has 0 aliphatic heterocycles. The molecule has 30 heavy (non-hydrogen) atoms. The second-order valence-corrected chi connectivity index (χ2v) is 7.86. The summed E-state index contributed by atoms with van der Waals surface area (Å²) in [4.78, 5) is 30.1. The quantitative estimate of drug-likeness (QED) is 0.407. The molecule has 0 saturated heterocycles. The van der Waals surface area contributed by atoms with Crippen LogP contribution >= 0.6 is 15.9 Å². The molecule has 0 unspecified atom stereocenters. The molecule has 160 valence electrons. The smallest absolute Gasteiger partial charge is 0.309 e. The van der Waals surface area contributed by atoms with Crippen molar-refractivity contribution in [2.75, 3.05) is 0 Å². The highest BCUT2D eigenvalue weighted by atomic mass is 79.9. The van der Waals surface area contributed by atoms with Gasteiger partial charge in [0.25, 0.3) is 5.56 Å². The van der Waals surface area contributed by atoms with Crippen molar-refractivity contribution in [2.24, 2.45) is 7.05 Å². The maximum atomic E-state index is 13.3. The van der Waals surface area contributed by atoms with Crippen molar-refractivity contribution in [1.82, 2.24) is 18.7 Å². The Morgan fingerprint density at radius 3 is 2.47 bits per heavy atom. The number of allylic oxidation sites excluding steroid dienone is 2. The molecule has 1 aromatic carbocycles. The van der Waals surface area contributed by atoms with Gasteiger partial charge in [-0.05, 0) is 47.8 Å². The van der Waals surface area contributed by atoms with Gasteiger partial charge in [-0.1, -0.05) is 29.8 Å². The van der Waals surface area contributed by atoms with Crippen LogP contribution in [0.5, 0.6) is 0 Å². The molecule has 2 heterocycles. The van der Waals surface area contributed by atoms with Gasteiger partial charge in [-0.2, -0.15) is 13.2 Å². The number of nitrogens with zero attached hydrogens (tertiary/aromatic N) is 4. The van der Waals surface area contributed by atoms with Crippen LogP contribution in [0.15, 0.2) is 50.2 Å². The van der Waals surface area contributed by atoms with Crippen molar-refractivity contribution < 1.29 is 13.2 Å². The lowest BCUT2D eigenvalue weighted by Gasteiger charge is -2.14. The minimum absolute atomic E-state index is 0.0262. The first-order valence-corrected chi connectivity index (χ1v) is 9.95. The van der Waals surface area contributed by atoms with Gasteiger partial charge in [0.15, 0.2) is 15.9 Å². The Labute approximate surface area is 178 Å². The Bertz CT molecular complexity index is 1250. The molecule has 0 atom stereocenters. The molecule has 0 bridgehead atoms. The van der Waals surface area contributed by atoms with Gasteiger partial charge >= 0.3 is 11.9 Å². The Morgan fingerprint density at radius 2 is 1.83 bits per heavy atom. The average molecular weight is 485 g/mol. The van der Waals surface area contributed by atoms with Gasteiger partial charge in [0.1, 0.15) is 0 Å². The van der Waals surface area contributed by atoms with Gasteiger partial charge in [-0.15, -0.1) is 0 Å². The molecule has 0 amide bonds. The van der Waals surface area contributed by atoms with Crippen LogP contribution in [0.25, 0.3) is 11.2 Å². The van der Waals surface area contributed by atoms with Crippen LogP contribution in [-0.2, 0) is 32.7 Å². The molecule has 0 saturated carbocycles. The topological polar surface area (TPSA) is 61.8 Å². The highest BCUT2D eigenvalue weighted by Gasteiger charge is 2.32. The van der Waals surface area contributed by atoms with Gasteiger partial charge in [0.2, 0.25) is 0 Å². The molecule has 10 heteroatoms. The van der Waals surface area contributed by atoms with Crippen LogP contribution in [0, 0.1) is 0 Å². The molecule has 0 fully saturated rings. The van der Waals surface area contributed by atoms with E-state index in [0.29, 0.717) is 11.3 Å². The van der Waals surface area contributed by atoms with E-state index >= 15 is 0 Å². The van der Waals surface area contributed by atoms with Gasteiger partial charge in [0, 0.05) is 20.1 Å². The number of imidazole rings is 1. The fourth-order valence-corrected chi connectivity index (χ4v) is 3.72. The Balaban J connectivity index is 2.10. The van der Waals surface area contributed by atoms with E-state index in [4.69, 9.17) is 0 Å². The van der Waals surface area contributed by atoms with Crippen LogP contribution in [0.3, 0.4) is 0 Å². The predicted octanol–water partition coefficient (Wildman–Crippen LogP) is 3.89. The van der Waals surface area contributed by atoms with Gasteiger partial charge < -0.3 is 4.57 Å². The molecular formula is C20H20BrF3N4O2. The number of aromatic nitrogens is 4. The lowest BCUT2D eigenvalue weighted by atomic mass is 10.0. The normalized spacial score (nSPS) is 11.8. The number of rotatable bonds is 5. The second-order valence-electron chi connectivity index (χ2n) is 7.15. The largest absolute Gasteiger partial charge is 0.416 e. The molecule has 3 aromatic rings. The lowest BCUT2D eigenvalue weighted by Crippen LogP contribution is -2.40. The van der Waals surface area contributed by atoms with Crippen molar-refractivity contribution in [3.63, 3.8) is 0 Å². The summed E-state index contributed by atoms with van der Waals surface area (Å²) in [6.45, 7) is 4.02.